The molecule has 0 heterocycles. The van der Waals surface area contributed by atoms with E-state index in [2.05, 4.69) is 48.6 Å². The van der Waals surface area contributed by atoms with Gasteiger partial charge in [-0.05, 0) is 34.9 Å². The zero-order valence-electron chi connectivity index (χ0n) is 13.6. The van der Waals surface area contributed by atoms with E-state index in [4.69, 9.17) is 0 Å². The molecule has 1 N–H and O–H groups in total. The van der Waals surface area contributed by atoms with Crippen LogP contribution in [0.25, 0.3) is 0 Å². The summed E-state index contributed by atoms with van der Waals surface area (Å²) < 4.78 is 0. The Bertz CT molecular complexity index is 689. The summed E-state index contributed by atoms with van der Waals surface area (Å²) in [6.45, 7) is 4.34. The average Bonchev–Trinajstić information content (AvgIpc) is 3.37. The van der Waals surface area contributed by atoms with Crippen LogP contribution in [0.2, 0.25) is 0 Å². The molecule has 3 rings (SSSR count). The van der Waals surface area contributed by atoms with Crippen LogP contribution in [-0.4, -0.2) is 12.1 Å². The minimum absolute atomic E-state index is 0.00824. The summed E-state index contributed by atoms with van der Waals surface area (Å²) in [6, 6.07) is 18.4. The molecule has 3 heteroatoms. The van der Waals surface area contributed by atoms with Crippen molar-refractivity contribution in [2.45, 2.75) is 32.1 Å². The second kappa shape index (κ2) is 6.78. The highest BCUT2D eigenvalue weighted by Gasteiger charge is 2.43. The molecule has 0 aliphatic heterocycles. The maximum Gasteiger partial charge on any atom is 0.243 e. The smallest absolute Gasteiger partial charge is 0.243 e. The lowest BCUT2D eigenvalue weighted by molar-refractivity contribution is -0.122. The van der Waals surface area contributed by atoms with Gasteiger partial charge in [0, 0.05) is 5.92 Å². The molecule has 0 spiro atoms. The van der Waals surface area contributed by atoms with Crippen LogP contribution in [0.3, 0.4) is 0 Å². The van der Waals surface area contributed by atoms with Crippen molar-refractivity contribution in [2.24, 2.45) is 11.0 Å². The van der Waals surface area contributed by atoms with E-state index in [1.165, 1.54) is 11.1 Å². The van der Waals surface area contributed by atoms with Gasteiger partial charge >= 0.3 is 0 Å². The molecular formula is C20H22N2O. The number of benzene rings is 2. The molecule has 2 aromatic rings. The highest BCUT2D eigenvalue weighted by Crippen LogP contribution is 2.47. The van der Waals surface area contributed by atoms with Crippen LogP contribution in [0.5, 0.6) is 0 Å². The van der Waals surface area contributed by atoms with Gasteiger partial charge in [0.1, 0.15) is 0 Å². The predicted octanol–water partition coefficient (Wildman–Crippen LogP) is 4.06. The number of hydrogen-bond donors (Lipinski definition) is 1. The van der Waals surface area contributed by atoms with E-state index in [9.17, 15) is 4.79 Å². The Kier molecular flexibility index (Phi) is 4.56. The van der Waals surface area contributed by atoms with Crippen LogP contribution >= 0.6 is 0 Å². The quantitative estimate of drug-likeness (QED) is 0.657. The van der Waals surface area contributed by atoms with E-state index < -0.39 is 0 Å². The molecular weight excluding hydrogens is 284 g/mol. The fourth-order valence-corrected chi connectivity index (χ4v) is 2.77. The highest BCUT2D eigenvalue weighted by atomic mass is 16.2. The Morgan fingerprint density at radius 3 is 2.48 bits per heavy atom. The van der Waals surface area contributed by atoms with E-state index >= 15 is 0 Å². The van der Waals surface area contributed by atoms with Crippen LogP contribution in [0, 0.1) is 5.92 Å². The number of hydrazone groups is 1. The van der Waals surface area contributed by atoms with Crippen molar-refractivity contribution >= 4 is 12.1 Å². The van der Waals surface area contributed by atoms with Crippen LogP contribution in [0.4, 0.5) is 0 Å². The average molecular weight is 306 g/mol. The van der Waals surface area contributed by atoms with Gasteiger partial charge in [-0.15, -0.1) is 0 Å². The van der Waals surface area contributed by atoms with E-state index in [1.54, 1.807) is 6.21 Å². The molecule has 0 bridgehead atoms. The third-order valence-corrected chi connectivity index (χ3v) is 4.35. The minimum Gasteiger partial charge on any atom is -0.273 e. The second-order valence-electron chi connectivity index (χ2n) is 6.41. The van der Waals surface area contributed by atoms with Crippen molar-refractivity contribution in [3.63, 3.8) is 0 Å². The zero-order valence-corrected chi connectivity index (χ0v) is 13.6. The molecule has 0 saturated heterocycles. The van der Waals surface area contributed by atoms with Gasteiger partial charge in [0.05, 0.1) is 6.21 Å². The van der Waals surface area contributed by atoms with Gasteiger partial charge in [-0.3, -0.25) is 4.79 Å². The summed E-state index contributed by atoms with van der Waals surface area (Å²) in [4.78, 5) is 12.1. The Labute approximate surface area is 137 Å². The fraction of sp³-hybridized carbons (Fsp3) is 0.300. The van der Waals surface area contributed by atoms with Crippen molar-refractivity contribution in [1.29, 1.82) is 0 Å². The number of carbonyl (C=O) groups is 1. The molecule has 1 fully saturated rings. The minimum atomic E-state index is 0.00824. The Balaban J connectivity index is 1.51. The van der Waals surface area contributed by atoms with E-state index in [0.717, 1.165) is 12.0 Å². The zero-order chi connectivity index (χ0) is 16.2. The molecule has 23 heavy (non-hydrogen) atoms. The molecule has 2 atom stereocenters. The van der Waals surface area contributed by atoms with Gasteiger partial charge in [0.2, 0.25) is 5.91 Å². The number of nitrogens with one attached hydrogen (secondary N) is 1. The van der Waals surface area contributed by atoms with Gasteiger partial charge < -0.3 is 0 Å². The Morgan fingerprint density at radius 2 is 1.83 bits per heavy atom. The third kappa shape index (κ3) is 3.86. The van der Waals surface area contributed by atoms with Crippen molar-refractivity contribution in [2.75, 3.05) is 0 Å². The van der Waals surface area contributed by atoms with Crippen molar-refractivity contribution in [3.05, 3.63) is 71.3 Å². The van der Waals surface area contributed by atoms with Crippen molar-refractivity contribution in [1.82, 2.24) is 5.43 Å². The first-order chi connectivity index (χ1) is 11.1. The third-order valence-electron chi connectivity index (χ3n) is 4.35. The maximum absolute atomic E-state index is 12.1. The van der Waals surface area contributed by atoms with Gasteiger partial charge in [-0.25, -0.2) is 5.43 Å². The monoisotopic (exact) mass is 306 g/mol. The first-order valence-corrected chi connectivity index (χ1v) is 8.13. The number of nitrogens with zero attached hydrogens (tertiary/aromatic N) is 1. The van der Waals surface area contributed by atoms with Gasteiger partial charge in [0.15, 0.2) is 0 Å². The largest absolute Gasteiger partial charge is 0.273 e. The molecule has 2 aromatic carbocycles. The van der Waals surface area contributed by atoms with Crippen LogP contribution < -0.4 is 5.43 Å². The molecule has 2 unspecified atom stereocenters. The van der Waals surface area contributed by atoms with Gasteiger partial charge in [-0.2, -0.15) is 5.10 Å². The molecule has 118 valence electrons. The van der Waals surface area contributed by atoms with Crippen LogP contribution in [0.1, 0.15) is 48.8 Å². The molecule has 0 aromatic heterocycles. The standard InChI is InChI=1S/C20H22N2O/c1-14(2)16-10-8-15(9-11-16)13-21-22-20(23)19-12-18(19)17-6-4-3-5-7-17/h3-11,13-14,18-19H,12H2,1-2H3,(H,22,23). The highest BCUT2D eigenvalue weighted by molar-refractivity contribution is 5.85. The van der Waals surface area contributed by atoms with E-state index in [0.29, 0.717) is 11.8 Å². The van der Waals surface area contributed by atoms with Crippen LogP contribution in [0.15, 0.2) is 59.7 Å². The fourth-order valence-electron chi connectivity index (χ4n) is 2.77. The number of carbonyl (C=O) groups excluding carboxylic acids is 1. The van der Waals surface area contributed by atoms with Crippen molar-refractivity contribution in [3.8, 4) is 0 Å². The van der Waals surface area contributed by atoms with Gasteiger partial charge in [0.25, 0.3) is 0 Å². The lowest BCUT2D eigenvalue weighted by Gasteiger charge is -2.04. The summed E-state index contributed by atoms with van der Waals surface area (Å²) >= 11 is 0. The molecule has 0 radical (unpaired) electrons. The van der Waals surface area contributed by atoms with E-state index in [1.807, 2.05) is 30.3 Å². The number of hydrogen-bond acceptors (Lipinski definition) is 2. The summed E-state index contributed by atoms with van der Waals surface area (Å²) in [5, 5.41) is 4.08. The Hall–Kier alpha value is -2.42. The molecule has 1 aliphatic rings. The first-order valence-electron chi connectivity index (χ1n) is 8.13. The predicted molar refractivity (Wildman–Crippen MR) is 93.6 cm³/mol. The van der Waals surface area contributed by atoms with Crippen molar-refractivity contribution < 1.29 is 4.79 Å². The lowest BCUT2D eigenvalue weighted by atomic mass is 10.0. The summed E-state index contributed by atoms with van der Waals surface area (Å²) in [6.07, 6.45) is 2.61. The molecule has 1 saturated carbocycles. The lowest BCUT2D eigenvalue weighted by Crippen LogP contribution is -2.20. The number of rotatable bonds is 5. The first kappa shape index (κ1) is 15.5. The van der Waals surface area contributed by atoms with Crippen LogP contribution in [-0.2, 0) is 4.79 Å². The Morgan fingerprint density at radius 1 is 1.13 bits per heavy atom. The number of amides is 1. The SMILES string of the molecule is CC(C)c1ccc(C=NNC(=O)C2CC2c2ccccc2)cc1. The van der Waals surface area contributed by atoms with Gasteiger partial charge in [-0.1, -0.05) is 68.4 Å². The second-order valence-corrected chi connectivity index (χ2v) is 6.41. The summed E-state index contributed by atoms with van der Waals surface area (Å²) in [5.41, 5.74) is 6.19. The van der Waals surface area contributed by atoms with E-state index in [-0.39, 0.29) is 11.8 Å². The summed E-state index contributed by atoms with van der Waals surface area (Å²) in [7, 11) is 0. The topological polar surface area (TPSA) is 41.5 Å². The summed E-state index contributed by atoms with van der Waals surface area (Å²) in [5.74, 6) is 0.925. The molecule has 3 nitrogen and oxygen atoms in total. The molecule has 1 aliphatic carbocycles. The normalized spacial score (nSPS) is 20.0. The maximum atomic E-state index is 12.1. The molecule has 1 amide bonds.